The molecule has 0 atom stereocenters. The zero-order chi connectivity index (χ0) is 35.6. The summed E-state index contributed by atoms with van der Waals surface area (Å²) in [7, 11) is 0. The molecule has 0 unspecified atom stereocenters. The summed E-state index contributed by atoms with van der Waals surface area (Å²) in [5.74, 6) is 0. The lowest BCUT2D eigenvalue weighted by Gasteiger charge is -2.25. The van der Waals surface area contributed by atoms with Crippen molar-refractivity contribution >= 4 is 71.2 Å². The Morgan fingerprint density at radius 1 is 0.315 bits per heavy atom. The van der Waals surface area contributed by atoms with Crippen molar-refractivity contribution in [3.63, 3.8) is 0 Å². The van der Waals surface area contributed by atoms with Crippen LogP contribution in [-0.4, -0.2) is 4.57 Å². The molecule has 0 saturated carbocycles. The van der Waals surface area contributed by atoms with E-state index in [1.807, 2.05) is 0 Å². The summed E-state index contributed by atoms with van der Waals surface area (Å²) in [4.78, 5) is 2.31. The number of rotatable bonds is 6. The fourth-order valence-electron chi connectivity index (χ4n) is 8.69. The molecule has 2 heteroatoms. The van der Waals surface area contributed by atoms with E-state index in [4.69, 9.17) is 0 Å². The molecule has 0 amide bonds. The summed E-state index contributed by atoms with van der Waals surface area (Å²) in [6, 6.07) is 75.0. The molecule has 0 radical (unpaired) electrons. The molecule has 0 fully saturated rings. The van der Waals surface area contributed by atoms with Crippen LogP contribution >= 0.6 is 0 Å². The van der Waals surface area contributed by atoms with Crippen molar-refractivity contribution in [2.45, 2.75) is 0 Å². The average Bonchev–Trinajstić information content (AvgIpc) is 3.58. The van der Waals surface area contributed by atoms with Gasteiger partial charge in [0.05, 0.1) is 11.0 Å². The molecule has 1 heterocycles. The summed E-state index contributed by atoms with van der Waals surface area (Å²) in [6.07, 6.45) is 0. The fourth-order valence-corrected chi connectivity index (χ4v) is 8.69. The molecule has 0 saturated heterocycles. The largest absolute Gasteiger partial charge is 0.311 e. The molecule has 252 valence electrons. The lowest BCUT2D eigenvalue weighted by molar-refractivity contribution is 1.18. The highest BCUT2D eigenvalue weighted by Gasteiger charge is 2.20. The standard InChI is InChI=1S/C52H34N2/c1-5-13-35(14-6-1)38-26-30-46-48(33-38)54(42-19-11-4-12-20-42)49-34-39-22-21-37-25-29-44(45-31-32-47(52(46)49)51(39)50(37)45)36-23-27-43(28-24-36)53(40-15-7-2-8-16-40)41-17-9-3-10-18-41/h1-34H. The Labute approximate surface area is 313 Å². The van der Waals surface area contributed by atoms with E-state index in [1.54, 1.807) is 0 Å². The van der Waals surface area contributed by atoms with Gasteiger partial charge in [-0.2, -0.15) is 0 Å². The first-order valence-corrected chi connectivity index (χ1v) is 18.6. The van der Waals surface area contributed by atoms with Gasteiger partial charge in [-0.05, 0) is 115 Å². The minimum absolute atomic E-state index is 1.13. The maximum Gasteiger partial charge on any atom is 0.0553 e. The van der Waals surface area contributed by atoms with Crippen LogP contribution < -0.4 is 4.90 Å². The Balaban J connectivity index is 1.11. The van der Waals surface area contributed by atoms with Crippen molar-refractivity contribution in [3.05, 3.63) is 206 Å². The summed E-state index contributed by atoms with van der Waals surface area (Å²) in [6.45, 7) is 0. The Morgan fingerprint density at radius 2 is 0.852 bits per heavy atom. The van der Waals surface area contributed by atoms with E-state index >= 15 is 0 Å². The van der Waals surface area contributed by atoms with Gasteiger partial charge in [0.2, 0.25) is 0 Å². The first-order chi connectivity index (χ1) is 26.8. The number of para-hydroxylation sites is 3. The van der Waals surface area contributed by atoms with Crippen LogP contribution in [0.3, 0.4) is 0 Å². The zero-order valence-electron chi connectivity index (χ0n) is 29.5. The van der Waals surface area contributed by atoms with Crippen molar-refractivity contribution in [2.75, 3.05) is 4.90 Å². The second kappa shape index (κ2) is 12.2. The molecule has 54 heavy (non-hydrogen) atoms. The number of hydrogen-bond donors (Lipinski definition) is 0. The lowest BCUT2D eigenvalue weighted by atomic mass is 9.88. The van der Waals surface area contributed by atoms with Gasteiger partial charge in [-0.3, -0.25) is 0 Å². The van der Waals surface area contributed by atoms with E-state index in [1.165, 1.54) is 82.1 Å². The van der Waals surface area contributed by atoms with Crippen LogP contribution in [-0.2, 0) is 0 Å². The molecule has 0 aliphatic carbocycles. The lowest BCUT2D eigenvalue weighted by Crippen LogP contribution is -2.09. The van der Waals surface area contributed by atoms with Crippen LogP contribution in [0.25, 0.3) is 82.1 Å². The number of hydrogen-bond acceptors (Lipinski definition) is 1. The molecule has 0 aliphatic heterocycles. The SMILES string of the molecule is c1ccc(-c2ccc3c4c5ccc6c(-c7ccc(N(c8ccccc8)c8ccccc8)cc7)ccc7ccc(cc4n(-c4ccccc4)c3c2)c5c76)cc1. The van der Waals surface area contributed by atoms with Crippen LogP contribution in [0.2, 0.25) is 0 Å². The van der Waals surface area contributed by atoms with Crippen molar-refractivity contribution in [1.82, 2.24) is 4.57 Å². The van der Waals surface area contributed by atoms with Gasteiger partial charge in [0.25, 0.3) is 0 Å². The molecule has 0 spiro atoms. The van der Waals surface area contributed by atoms with Crippen molar-refractivity contribution < 1.29 is 0 Å². The summed E-state index contributed by atoms with van der Waals surface area (Å²) >= 11 is 0. The van der Waals surface area contributed by atoms with E-state index in [0.717, 1.165) is 17.1 Å². The molecule has 0 N–H and O–H groups in total. The van der Waals surface area contributed by atoms with Gasteiger partial charge in [-0.15, -0.1) is 0 Å². The van der Waals surface area contributed by atoms with E-state index < -0.39 is 0 Å². The summed E-state index contributed by atoms with van der Waals surface area (Å²) in [5, 5.41) is 10.3. The predicted molar refractivity (Wildman–Crippen MR) is 230 cm³/mol. The second-order valence-corrected chi connectivity index (χ2v) is 14.1. The second-order valence-electron chi connectivity index (χ2n) is 14.1. The van der Waals surface area contributed by atoms with E-state index in [2.05, 4.69) is 216 Å². The van der Waals surface area contributed by atoms with Gasteiger partial charge in [0.1, 0.15) is 0 Å². The quantitative estimate of drug-likeness (QED) is 0.158. The molecule has 11 aromatic rings. The van der Waals surface area contributed by atoms with Gasteiger partial charge < -0.3 is 9.47 Å². The van der Waals surface area contributed by atoms with Gasteiger partial charge in [0, 0.05) is 33.5 Å². The highest BCUT2D eigenvalue weighted by molar-refractivity contribution is 6.34. The van der Waals surface area contributed by atoms with Crippen LogP contribution in [0, 0.1) is 0 Å². The van der Waals surface area contributed by atoms with E-state index in [-0.39, 0.29) is 0 Å². The minimum Gasteiger partial charge on any atom is -0.311 e. The van der Waals surface area contributed by atoms with Crippen LogP contribution in [0.5, 0.6) is 0 Å². The average molecular weight is 687 g/mol. The summed E-state index contributed by atoms with van der Waals surface area (Å²) < 4.78 is 2.45. The number of nitrogens with zero attached hydrogens (tertiary/aromatic N) is 2. The molecular formula is C52H34N2. The number of fused-ring (bicyclic) bond motifs is 4. The third-order valence-corrected chi connectivity index (χ3v) is 11.1. The molecular weight excluding hydrogens is 653 g/mol. The Hall–Kier alpha value is -7.16. The molecule has 10 aromatic carbocycles. The van der Waals surface area contributed by atoms with E-state index in [0.29, 0.717) is 0 Å². The van der Waals surface area contributed by atoms with Crippen LogP contribution in [0.4, 0.5) is 17.1 Å². The number of anilines is 3. The molecule has 1 aromatic heterocycles. The van der Waals surface area contributed by atoms with Crippen molar-refractivity contribution in [3.8, 4) is 27.9 Å². The van der Waals surface area contributed by atoms with Crippen LogP contribution in [0.15, 0.2) is 206 Å². The maximum absolute atomic E-state index is 2.45. The monoisotopic (exact) mass is 686 g/mol. The predicted octanol–water partition coefficient (Wildman–Crippen LogP) is 14.5. The Morgan fingerprint density at radius 3 is 1.56 bits per heavy atom. The molecule has 11 rings (SSSR count). The zero-order valence-corrected chi connectivity index (χ0v) is 29.5. The highest BCUT2D eigenvalue weighted by Crippen LogP contribution is 2.46. The Kier molecular flexibility index (Phi) is 6.90. The van der Waals surface area contributed by atoms with Gasteiger partial charge in [0.15, 0.2) is 0 Å². The molecule has 0 aliphatic rings. The minimum atomic E-state index is 1.13. The van der Waals surface area contributed by atoms with Crippen LogP contribution in [0.1, 0.15) is 0 Å². The summed E-state index contributed by atoms with van der Waals surface area (Å²) in [5.41, 5.74) is 11.9. The number of benzene rings is 10. The van der Waals surface area contributed by atoms with Gasteiger partial charge in [-0.1, -0.05) is 146 Å². The first-order valence-electron chi connectivity index (χ1n) is 18.6. The van der Waals surface area contributed by atoms with Crippen molar-refractivity contribution in [1.29, 1.82) is 0 Å². The maximum atomic E-state index is 2.45. The third kappa shape index (κ3) is 4.74. The Bertz CT molecular complexity index is 3070. The molecule has 2 nitrogen and oxygen atoms in total. The molecule has 0 bridgehead atoms. The highest BCUT2D eigenvalue weighted by atomic mass is 15.1. The fraction of sp³-hybridized carbons (Fsp3) is 0. The van der Waals surface area contributed by atoms with Crippen molar-refractivity contribution in [2.24, 2.45) is 0 Å². The number of aromatic nitrogens is 1. The smallest absolute Gasteiger partial charge is 0.0553 e. The topological polar surface area (TPSA) is 8.17 Å². The normalized spacial score (nSPS) is 11.7. The first kappa shape index (κ1) is 30.5. The third-order valence-electron chi connectivity index (χ3n) is 11.1. The van der Waals surface area contributed by atoms with Gasteiger partial charge in [-0.25, -0.2) is 0 Å². The van der Waals surface area contributed by atoms with Gasteiger partial charge >= 0.3 is 0 Å². The van der Waals surface area contributed by atoms with E-state index in [9.17, 15) is 0 Å².